The largest absolute Gasteiger partial charge is 0.318 e. The van der Waals surface area contributed by atoms with Gasteiger partial charge in [-0.1, -0.05) is 39.0 Å². The number of carbonyl (C=O) groups is 1. The van der Waals surface area contributed by atoms with Crippen LogP contribution in [0.15, 0.2) is 46.5 Å². The lowest BCUT2D eigenvalue weighted by molar-refractivity contribution is -0.113. The van der Waals surface area contributed by atoms with Gasteiger partial charge in [-0.2, -0.15) is 0 Å². The van der Waals surface area contributed by atoms with Gasteiger partial charge in [-0.3, -0.25) is 0 Å². The van der Waals surface area contributed by atoms with Crippen LogP contribution in [-0.4, -0.2) is 11.6 Å². The molecule has 2 rings (SSSR count). The van der Waals surface area contributed by atoms with E-state index < -0.39 is 0 Å². The number of nitrogens with zero attached hydrogens (tertiary/aromatic N) is 2. The fourth-order valence-corrected chi connectivity index (χ4v) is 3.49. The minimum Gasteiger partial charge on any atom is -0.317 e. The molecular formula is C14H18N3OS+. The number of hydrazone groups is 1. The number of hydrogen-bond acceptors (Lipinski definition) is 4. The zero-order chi connectivity index (χ0) is 14.1. The highest BCUT2D eigenvalue weighted by Crippen LogP contribution is 2.45. The molecule has 0 spiro atoms. The normalized spacial score (nSPS) is 25.4. The molecule has 0 bridgehead atoms. The Morgan fingerprint density at radius 1 is 1.26 bits per heavy atom. The summed E-state index contributed by atoms with van der Waals surface area (Å²) in [5, 5.41) is 6.37. The van der Waals surface area contributed by atoms with Crippen molar-refractivity contribution >= 4 is 29.0 Å². The second kappa shape index (κ2) is 4.83. The van der Waals surface area contributed by atoms with Gasteiger partial charge in [0.2, 0.25) is 0 Å². The summed E-state index contributed by atoms with van der Waals surface area (Å²) in [5.74, 6) is 5.49. The van der Waals surface area contributed by atoms with Crippen molar-refractivity contribution in [1.82, 2.24) is 4.48 Å². The van der Waals surface area contributed by atoms with Crippen LogP contribution >= 0.6 is 11.8 Å². The Hall–Kier alpha value is -1.59. The van der Waals surface area contributed by atoms with E-state index in [0.717, 1.165) is 17.8 Å². The molecule has 0 aromatic heterocycles. The highest BCUT2D eigenvalue weighted by molar-refractivity contribution is 8.16. The Morgan fingerprint density at radius 3 is 2.37 bits per heavy atom. The Bertz CT molecular complexity index is 546. The highest BCUT2D eigenvalue weighted by atomic mass is 32.2. The Kier molecular flexibility index (Phi) is 3.52. The number of carbonyl (C=O) groups excluding carboxylic acids is 1. The molecule has 1 aromatic rings. The molecule has 1 atom stereocenters. The summed E-state index contributed by atoms with van der Waals surface area (Å²) in [7, 11) is 0. The average molecular weight is 276 g/mol. The topological polar surface area (TPSA) is 55.4 Å². The van der Waals surface area contributed by atoms with Gasteiger partial charge in [0.25, 0.3) is 0 Å². The summed E-state index contributed by atoms with van der Waals surface area (Å²) >= 11 is 1.41. The number of amidine groups is 1. The van der Waals surface area contributed by atoms with Gasteiger partial charge in [0, 0.05) is 23.0 Å². The zero-order valence-corrected chi connectivity index (χ0v) is 12.1. The molecule has 1 aliphatic heterocycles. The van der Waals surface area contributed by atoms with E-state index in [1.165, 1.54) is 11.8 Å². The van der Waals surface area contributed by atoms with Crippen molar-refractivity contribution in [2.45, 2.75) is 20.8 Å². The van der Waals surface area contributed by atoms with Gasteiger partial charge in [0.15, 0.2) is 5.69 Å². The van der Waals surface area contributed by atoms with Crippen molar-refractivity contribution in [3.63, 3.8) is 0 Å². The summed E-state index contributed by atoms with van der Waals surface area (Å²) in [5.41, 5.74) is 1.67. The molecule has 1 unspecified atom stereocenters. The average Bonchev–Trinajstić information content (AvgIpc) is 2.79. The monoisotopic (exact) mass is 276 g/mol. The molecule has 1 amide bonds. The number of thioether (sulfide) groups is 1. The lowest BCUT2D eigenvalue weighted by Crippen LogP contribution is -2.51. The number of benzene rings is 1. The molecule has 4 nitrogen and oxygen atoms in total. The molecule has 0 fully saturated rings. The van der Waals surface area contributed by atoms with Crippen LogP contribution in [0.25, 0.3) is 0 Å². The van der Waals surface area contributed by atoms with Crippen LogP contribution in [0.1, 0.15) is 20.8 Å². The third-order valence-corrected chi connectivity index (χ3v) is 4.10. The minimum absolute atomic E-state index is 0.0362. The number of rotatable bonds is 2. The molecular weight excluding hydrogens is 258 g/mol. The van der Waals surface area contributed by atoms with Crippen molar-refractivity contribution in [1.29, 1.82) is 0 Å². The maximum absolute atomic E-state index is 11.9. The Labute approximate surface area is 117 Å². The van der Waals surface area contributed by atoms with Gasteiger partial charge in [-0.05, 0) is 11.8 Å². The van der Waals surface area contributed by atoms with E-state index in [1.54, 1.807) is 0 Å². The maximum atomic E-state index is 11.9. The second-order valence-electron chi connectivity index (χ2n) is 5.45. The van der Waals surface area contributed by atoms with Crippen LogP contribution in [0.3, 0.4) is 0 Å². The van der Waals surface area contributed by atoms with Crippen LogP contribution in [0.5, 0.6) is 0 Å². The minimum atomic E-state index is -0.157. The number of nitrogens with two attached hydrogens (primary N) is 1. The van der Waals surface area contributed by atoms with Crippen molar-refractivity contribution < 1.29 is 4.79 Å². The predicted molar refractivity (Wildman–Crippen MR) is 81.1 cm³/mol. The van der Waals surface area contributed by atoms with Crippen molar-refractivity contribution in [3.05, 3.63) is 41.4 Å². The standard InChI is InChI=1S/C14H18N3OS/c1-14(2,3)12-9-19-13(16-15)17(12,10-18)11-7-5-4-6-8-11/h4-10H,15H2,1-3H3/q+1. The first-order valence-electron chi connectivity index (χ1n) is 6.04. The van der Waals surface area contributed by atoms with Crippen molar-refractivity contribution in [2.75, 3.05) is 0 Å². The van der Waals surface area contributed by atoms with Crippen LogP contribution in [0, 0.1) is 5.41 Å². The molecule has 5 heteroatoms. The first kappa shape index (κ1) is 13.8. The van der Waals surface area contributed by atoms with Crippen LogP contribution in [0.4, 0.5) is 5.69 Å². The predicted octanol–water partition coefficient (Wildman–Crippen LogP) is 3.01. The third-order valence-electron chi connectivity index (χ3n) is 3.16. The number of amides is 1. The molecule has 0 aliphatic carbocycles. The van der Waals surface area contributed by atoms with Gasteiger partial charge in [0.05, 0.1) is 0 Å². The SMILES string of the molecule is CC(C)(C)C1=CSC(=NN)[N+]1(C=O)c1ccccc1. The number of para-hydroxylation sites is 1. The van der Waals surface area contributed by atoms with E-state index in [4.69, 9.17) is 5.84 Å². The summed E-state index contributed by atoms with van der Waals surface area (Å²) in [4.78, 5) is 11.9. The zero-order valence-electron chi connectivity index (χ0n) is 11.3. The van der Waals surface area contributed by atoms with E-state index in [0.29, 0.717) is 5.17 Å². The quantitative estimate of drug-likeness (QED) is 0.391. The van der Waals surface area contributed by atoms with E-state index in [1.807, 2.05) is 35.7 Å². The first-order valence-corrected chi connectivity index (χ1v) is 6.92. The number of quaternary nitrogens is 1. The lowest BCUT2D eigenvalue weighted by atomic mass is 9.90. The fraction of sp³-hybridized carbons (Fsp3) is 0.286. The second-order valence-corrected chi connectivity index (χ2v) is 6.28. The van der Waals surface area contributed by atoms with Gasteiger partial charge >= 0.3 is 11.6 Å². The van der Waals surface area contributed by atoms with Gasteiger partial charge in [0.1, 0.15) is 5.70 Å². The van der Waals surface area contributed by atoms with Gasteiger partial charge in [-0.25, -0.2) is 4.79 Å². The van der Waals surface area contributed by atoms with Crippen LogP contribution < -0.4 is 10.3 Å². The van der Waals surface area contributed by atoms with Gasteiger partial charge < -0.3 is 5.84 Å². The van der Waals surface area contributed by atoms with Crippen LogP contribution in [0.2, 0.25) is 0 Å². The molecule has 100 valence electrons. The Balaban J connectivity index is 2.69. The molecule has 0 saturated heterocycles. The number of allylic oxidation sites excluding steroid dienone is 1. The molecule has 2 N–H and O–H groups in total. The number of hydrogen-bond donors (Lipinski definition) is 1. The Morgan fingerprint density at radius 2 is 1.89 bits per heavy atom. The molecule has 19 heavy (non-hydrogen) atoms. The van der Waals surface area contributed by atoms with Crippen molar-refractivity contribution in [3.8, 4) is 0 Å². The first-order chi connectivity index (χ1) is 8.96. The summed E-state index contributed by atoms with van der Waals surface area (Å²) in [6.07, 6.45) is 0.901. The summed E-state index contributed by atoms with van der Waals surface area (Å²) in [6.45, 7) is 6.24. The third kappa shape index (κ3) is 2.09. The highest BCUT2D eigenvalue weighted by Gasteiger charge is 2.51. The summed E-state index contributed by atoms with van der Waals surface area (Å²) < 4.78 is -0.0362. The smallest absolute Gasteiger partial charge is 0.317 e. The van der Waals surface area contributed by atoms with E-state index in [9.17, 15) is 4.79 Å². The lowest BCUT2D eigenvalue weighted by Gasteiger charge is -2.33. The molecule has 1 heterocycles. The van der Waals surface area contributed by atoms with E-state index in [-0.39, 0.29) is 9.90 Å². The summed E-state index contributed by atoms with van der Waals surface area (Å²) in [6, 6.07) is 9.59. The molecule has 1 aromatic carbocycles. The van der Waals surface area contributed by atoms with Crippen LogP contribution in [-0.2, 0) is 4.79 Å². The van der Waals surface area contributed by atoms with Gasteiger partial charge in [-0.15, -0.1) is 9.58 Å². The van der Waals surface area contributed by atoms with Crippen molar-refractivity contribution in [2.24, 2.45) is 16.4 Å². The molecule has 1 aliphatic rings. The van der Waals surface area contributed by atoms with E-state index in [2.05, 4.69) is 25.9 Å². The molecule has 0 radical (unpaired) electrons. The molecule has 0 saturated carbocycles. The van der Waals surface area contributed by atoms with E-state index >= 15 is 0 Å². The fourth-order valence-electron chi connectivity index (χ4n) is 2.28. The maximum Gasteiger partial charge on any atom is 0.318 e.